The van der Waals surface area contributed by atoms with Gasteiger partial charge in [-0.2, -0.15) is 0 Å². The van der Waals surface area contributed by atoms with Gasteiger partial charge in [0.25, 0.3) is 6.43 Å². The van der Waals surface area contributed by atoms with Crippen LogP contribution in [0, 0.1) is 11.2 Å². The molecule has 1 amide bonds. The van der Waals surface area contributed by atoms with Crippen molar-refractivity contribution in [2.75, 3.05) is 0 Å². The van der Waals surface area contributed by atoms with E-state index in [0.717, 1.165) is 6.20 Å². The van der Waals surface area contributed by atoms with Gasteiger partial charge in [-0.25, -0.2) is 13.2 Å². The quantitative estimate of drug-likeness (QED) is 0.857. The van der Waals surface area contributed by atoms with Gasteiger partial charge in [-0.15, -0.1) is 0 Å². The number of fused-ring (bicyclic) bond motifs is 1. The third-order valence-electron chi connectivity index (χ3n) is 4.92. The number of carbonyl (C=O) groups is 1. The highest BCUT2D eigenvalue weighted by Gasteiger charge is 2.59. The van der Waals surface area contributed by atoms with Crippen LogP contribution in [-0.4, -0.2) is 28.3 Å². The molecule has 0 unspecified atom stereocenters. The highest BCUT2D eigenvalue weighted by molar-refractivity contribution is 5.86. The Bertz CT molecular complexity index is 566. The second-order valence-electron chi connectivity index (χ2n) is 5.91. The molecule has 3 atom stereocenters. The first kappa shape index (κ1) is 14.4. The molecule has 2 aliphatic heterocycles. The van der Waals surface area contributed by atoms with E-state index in [-0.39, 0.29) is 24.9 Å². The minimum absolute atomic E-state index is 0.130. The minimum Gasteiger partial charge on any atom is -0.332 e. The predicted molar refractivity (Wildman–Crippen MR) is 70.1 cm³/mol. The molecule has 0 saturated carbocycles. The Morgan fingerprint density at radius 1 is 1.43 bits per heavy atom. The summed E-state index contributed by atoms with van der Waals surface area (Å²) in [6.45, 7) is 1.63. The topological polar surface area (TPSA) is 33.2 Å². The molecule has 3 heterocycles. The van der Waals surface area contributed by atoms with Gasteiger partial charge in [0.2, 0.25) is 5.91 Å². The first-order valence-electron chi connectivity index (χ1n) is 7.21. The van der Waals surface area contributed by atoms with Gasteiger partial charge in [0.1, 0.15) is 11.2 Å². The first-order chi connectivity index (χ1) is 9.99. The van der Waals surface area contributed by atoms with Crippen molar-refractivity contribution in [3.05, 3.63) is 29.8 Å². The van der Waals surface area contributed by atoms with Crippen molar-refractivity contribution in [1.82, 2.24) is 9.88 Å². The monoisotopic (exact) mass is 298 g/mol. The van der Waals surface area contributed by atoms with Crippen molar-refractivity contribution in [2.45, 2.75) is 51.1 Å². The molecule has 0 aliphatic carbocycles. The molecule has 3 rings (SSSR count). The van der Waals surface area contributed by atoms with Gasteiger partial charge < -0.3 is 4.90 Å². The lowest BCUT2D eigenvalue weighted by Gasteiger charge is -2.29. The smallest absolute Gasteiger partial charge is 0.252 e. The molecule has 21 heavy (non-hydrogen) atoms. The number of halogens is 3. The van der Waals surface area contributed by atoms with Crippen LogP contribution < -0.4 is 0 Å². The third-order valence-corrected chi connectivity index (χ3v) is 4.92. The highest BCUT2D eigenvalue weighted by atomic mass is 19.3. The zero-order chi connectivity index (χ0) is 15.2. The number of amides is 1. The van der Waals surface area contributed by atoms with E-state index in [9.17, 15) is 18.0 Å². The fourth-order valence-corrected chi connectivity index (χ4v) is 3.73. The molecular weight excluding hydrogens is 281 g/mol. The van der Waals surface area contributed by atoms with Gasteiger partial charge in [-0.05, 0) is 37.3 Å². The summed E-state index contributed by atoms with van der Waals surface area (Å²) >= 11 is 0. The number of alkyl halides is 2. The van der Waals surface area contributed by atoms with Crippen LogP contribution in [0.5, 0.6) is 0 Å². The summed E-state index contributed by atoms with van der Waals surface area (Å²) < 4.78 is 40.2. The molecule has 2 aliphatic rings. The molecule has 114 valence electrons. The summed E-state index contributed by atoms with van der Waals surface area (Å²) in [4.78, 5) is 17.9. The fraction of sp³-hybridized carbons (Fsp3) is 0.600. The van der Waals surface area contributed by atoms with E-state index in [1.807, 2.05) is 0 Å². The summed E-state index contributed by atoms with van der Waals surface area (Å²) in [7, 11) is 0. The Kier molecular flexibility index (Phi) is 3.42. The molecule has 0 bridgehead atoms. The van der Waals surface area contributed by atoms with Crippen LogP contribution in [0.1, 0.15) is 44.2 Å². The number of carbonyl (C=O) groups excluding carboxylic acids is 1. The van der Waals surface area contributed by atoms with Gasteiger partial charge in [0.15, 0.2) is 0 Å². The maximum Gasteiger partial charge on any atom is 0.252 e. The zero-order valence-corrected chi connectivity index (χ0v) is 11.7. The van der Waals surface area contributed by atoms with Crippen LogP contribution in [0.2, 0.25) is 0 Å². The summed E-state index contributed by atoms with van der Waals surface area (Å²) in [6.07, 6.45) is 1.62. The van der Waals surface area contributed by atoms with Crippen molar-refractivity contribution in [3.8, 4) is 0 Å². The lowest BCUT2D eigenvalue weighted by atomic mass is 9.81. The lowest BCUT2D eigenvalue weighted by molar-refractivity contribution is -0.146. The second-order valence-corrected chi connectivity index (χ2v) is 5.91. The Morgan fingerprint density at radius 2 is 2.19 bits per heavy atom. The summed E-state index contributed by atoms with van der Waals surface area (Å²) in [6, 6.07) is 0.833. The largest absolute Gasteiger partial charge is 0.332 e. The SMILES string of the molecule is CC[C@]1(C(F)F)C[C@H]2CC[C@@H](c3cncc(F)c3)N2C1=O. The molecule has 0 radical (unpaired) electrons. The van der Waals surface area contributed by atoms with Gasteiger partial charge in [0.05, 0.1) is 12.2 Å². The molecule has 2 fully saturated rings. The van der Waals surface area contributed by atoms with Crippen molar-refractivity contribution in [1.29, 1.82) is 0 Å². The molecule has 6 heteroatoms. The number of rotatable bonds is 3. The van der Waals surface area contributed by atoms with Crippen LogP contribution in [0.25, 0.3) is 0 Å². The normalized spacial score (nSPS) is 32.0. The number of aromatic nitrogens is 1. The lowest BCUT2D eigenvalue weighted by Crippen LogP contribution is -2.40. The fourth-order valence-electron chi connectivity index (χ4n) is 3.73. The average molecular weight is 298 g/mol. The zero-order valence-electron chi connectivity index (χ0n) is 11.7. The van der Waals surface area contributed by atoms with Crippen LogP contribution in [0.3, 0.4) is 0 Å². The Labute approximate surface area is 121 Å². The minimum atomic E-state index is -2.66. The van der Waals surface area contributed by atoms with Gasteiger partial charge in [-0.3, -0.25) is 9.78 Å². The summed E-state index contributed by atoms with van der Waals surface area (Å²) in [5, 5.41) is 0. The standard InChI is InChI=1S/C15H17F3N2O/c1-2-15(13(17)18)6-11-3-4-12(20(11)14(15)21)9-5-10(16)8-19-7-9/h5,7-8,11-13H,2-4,6H2,1H3/t11-,12+,15-/m1/s1. The number of hydrogen-bond acceptors (Lipinski definition) is 2. The molecule has 1 aromatic rings. The van der Waals surface area contributed by atoms with Gasteiger partial charge >= 0.3 is 0 Å². The van der Waals surface area contributed by atoms with E-state index in [2.05, 4.69) is 4.98 Å². The van der Waals surface area contributed by atoms with Crippen LogP contribution in [0.15, 0.2) is 18.5 Å². The summed E-state index contributed by atoms with van der Waals surface area (Å²) in [5.74, 6) is -0.963. The van der Waals surface area contributed by atoms with Crippen molar-refractivity contribution < 1.29 is 18.0 Å². The van der Waals surface area contributed by atoms with Crippen LogP contribution >= 0.6 is 0 Å². The van der Waals surface area contributed by atoms with E-state index in [1.165, 1.54) is 12.3 Å². The molecule has 0 aromatic carbocycles. The maximum atomic E-state index is 13.4. The van der Waals surface area contributed by atoms with E-state index >= 15 is 0 Å². The molecule has 3 nitrogen and oxygen atoms in total. The molecule has 0 N–H and O–H groups in total. The van der Waals surface area contributed by atoms with E-state index < -0.39 is 23.6 Å². The Balaban J connectivity index is 1.94. The van der Waals surface area contributed by atoms with Gasteiger partial charge in [0, 0.05) is 12.2 Å². The third kappa shape index (κ3) is 2.03. The van der Waals surface area contributed by atoms with E-state index in [0.29, 0.717) is 18.4 Å². The van der Waals surface area contributed by atoms with Gasteiger partial charge in [-0.1, -0.05) is 6.92 Å². The van der Waals surface area contributed by atoms with E-state index in [4.69, 9.17) is 0 Å². The van der Waals surface area contributed by atoms with Crippen LogP contribution in [0.4, 0.5) is 13.2 Å². The summed E-state index contributed by atoms with van der Waals surface area (Å²) in [5.41, 5.74) is -0.976. The first-order valence-corrected chi connectivity index (χ1v) is 7.21. The van der Waals surface area contributed by atoms with Crippen LogP contribution in [-0.2, 0) is 4.79 Å². The molecular formula is C15H17F3N2O. The van der Waals surface area contributed by atoms with Crippen molar-refractivity contribution in [3.63, 3.8) is 0 Å². The predicted octanol–water partition coefficient (Wildman–Crippen LogP) is 3.32. The Hall–Kier alpha value is -1.59. The maximum absolute atomic E-state index is 13.4. The molecule has 1 aromatic heterocycles. The van der Waals surface area contributed by atoms with Crippen molar-refractivity contribution in [2.24, 2.45) is 5.41 Å². The highest BCUT2D eigenvalue weighted by Crippen LogP contribution is 2.52. The number of pyridine rings is 1. The average Bonchev–Trinajstić information content (AvgIpc) is 2.98. The Morgan fingerprint density at radius 3 is 2.81 bits per heavy atom. The number of nitrogens with zero attached hydrogens (tertiary/aromatic N) is 2. The number of hydrogen-bond donors (Lipinski definition) is 0. The molecule has 2 saturated heterocycles. The van der Waals surface area contributed by atoms with Crippen molar-refractivity contribution >= 4 is 5.91 Å². The second kappa shape index (κ2) is 5.00. The molecule has 0 spiro atoms. The van der Waals surface area contributed by atoms with E-state index in [1.54, 1.807) is 11.8 Å².